The molecule has 1 aliphatic heterocycles. The molecule has 4 amide bonds. The number of phenolic OH excluding ortho intramolecular Hbond substituents is 1. The molecule has 1 fully saturated rings. The van der Waals surface area contributed by atoms with Gasteiger partial charge in [-0.25, -0.2) is 9.69 Å². The van der Waals surface area contributed by atoms with Crippen LogP contribution in [0.3, 0.4) is 0 Å². The number of nitrogens with two attached hydrogens (primary N) is 1. The Morgan fingerprint density at radius 2 is 1.92 bits per heavy atom. The number of phenols is 1. The van der Waals surface area contributed by atoms with Crippen LogP contribution < -0.4 is 15.4 Å². The zero-order chi connectivity index (χ0) is 18.7. The van der Waals surface area contributed by atoms with Crippen LogP contribution in [0, 0.1) is 0 Å². The summed E-state index contributed by atoms with van der Waals surface area (Å²) >= 11 is 0. The first-order chi connectivity index (χ1) is 12.5. The van der Waals surface area contributed by atoms with Gasteiger partial charge in [-0.05, 0) is 18.2 Å². The monoisotopic (exact) mass is 355 g/mol. The van der Waals surface area contributed by atoms with Gasteiger partial charge in [0.2, 0.25) is 0 Å². The topological polar surface area (TPSA) is 113 Å². The molecule has 8 nitrogen and oxygen atoms in total. The van der Waals surface area contributed by atoms with Crippen LogP contribution in [0.25, 0.3) is 0 Å². The third kappa shape index (κ3) is 3.59. The van der Waals surface area contributed by atoms with E-state index in [4.69, 9.17) is 10.5 Å². The largest absolute Gasteiger partial charge is 0.508 e. The summed E-state index contributed by atoms with van der Waals surface area (Å²) in [5, 5.41) is 9.86. The van der Waals surface area contributed by atoms with Crippen molar-refractivity contribution in [2.24, 2.45) is 5.73 Å². The SMILES string of the molecule is NC(=O)COc1cccc(N2C(=O)CN(Cc3ccccc3O)C2=O)c1. The molecule has 0 spiro atoms. The highest BCUT2D eigenvalue weighted by Gasteiger charge is 2.37. The molecule has 3 rings (SSSR count). The molecule has 0 radical (unpaired) electrons. The number of hydrogen-bond donors (Lipinski definition) is 2. The predicted molar refractivity (Wildman–Crippen MR) is 92.5 cm³/mol. The second kappa shape index (κ2) is 7.14. The molecule has 0 unspecified atom stereocenters. The lowest BCUT2D eigenvalue weighted by Crippen LogP contribution is -2.32. The van der Waals surface area contributed by atoms with Gasteiger partial charge < -0.3 is 20.5 Å². The Labute approximate surface area is 149 Å². The molecule has 3 N–H and O–H groups in total. The Kier molecular flexibility index (Phi) is 4.74. The molecular formula is C18H17N3O5. The lowest BCUT2D eigenvalue weighted by atomic mass is 10.2. The summed E-state index contributed by atoms with van der Waals surface area (Å²) in [4.78, 5) is 38.2. The number of ether oxygens (including phenoxy) is 1. The fraction of sp³-hybridized carbons (Fsp3) is 0.167. The van der Waals surface area contributed by atoms with Crippen molar-refractivity contribution in [3.63, 3.8) is 0 Å². The number of rotatable bonds is 6. The summed E-state index contributed by atoms with van der Waals surface area (Å²) in [5.74, 6) is -0.635. The van der Waals surface area contributed by atoms with Gasteiger partial charge in [-0.2, -0.15) is 0 Å². The minimum Gasteiger partial charge on any atom is -0.508 e. The summed E-state index contributed by atoms with van der Waals surface area (Å²) in [6.45, 7) is -0.282. The molecule has 134 valence electrons. The second-order valence-electron chi connectivity index (χ2n) is 5.75. The van der Waals surface area contributed by atoms with E-state index in [1.54, 1.807) is 36.4 Å². The number of aromatic hydroxyl groups is 1. The summed E-state index contributed by atoms with van der Waals surface area (Å²) in [7, 11) is 0. The summed E-state index contributed by atoms with van der Waals surface area (Å²) in [6.07, 6.45) is 0. The van der Waals surface area contributed by atoms with Gasteiger partial charge in [0.05, 0.1) is 12.2 Å². The van der Waals surface area contributed by atoms with E-state index in [9.17, 15) is 19.5 Å². The lowest BCUT2D eigenvalue weighted by Gasteiger charge is -2.18. The van der Waals surface area contributed by atoms with E-state index in [0.29, 0.717) is 17.0 Å². The first kappa shape index (κ1) is 17.3. The number of benzene rings is 2. The number of carbonyl (C=O) groups excluding carboxylic acids is 3. The summed E-state index contributed by atoms with van der Waals surface area (Å²) in [5.41, 5.74) is 5.92. The van der Waals surface area contributed by atoms with Crippen LogP contribution in [0.5, 0.6) is 11.5 Å². The maximum atomic E-state index is 12.6. The number of urea groups is 1. The Morgan fingerprint density at radius 1 is 1.15 bits per heavy atom. The number of para-hydroxylation sites is 1. The number of nitrogens with zero attached hydrogens (tertiary/aromatic N) is 2. The average Bonchev–Trinajstić information content (AvgIpc) is 2.89. The first-order valence-electron chi connectivity index (χ1n) is 7.85. The molecule has 0 atom stereocenters. The maximum Gasteiger partial charge on any atom is 0.332 e. The number of imide groups is 1. The number of anilines is 1. The Hall–Kier alpha value is -3.55. The van der Waals surface area contributed by atoms with E-state index >= 15 is 0 Å². The molecule has 1 aliphatic rings. The fourth-order valence-corrected chi connectivity index (χ4v) is 2.64. The Morgan fingerprint density at radius 3 is 2.65 bits per heavy atom. The van der Waals surface area contributed by atoms with Crippen molar-refractivity contribution in [1.29, 1.82) is 0 Å². The van der Waals surface area contributed by atoms with Crippen molar-refractivity contribution in [2.75, 3.05) is 18.1 Å². The van der Waals surface area contributed by atoms with Gasteiger partial charge >= 0.3 is 6.03 Å². The standard InChI is InChI=1S/C18H17N3O5/c19-16(23)11-26-14-6-3-5-13(8-14)21-17(24)10-20(18(21)25)9-12-4-1-2-7-15(12)22/h1-8,22H,9-11H2,(H2,19,23). The molecule has 0 aliphatic carbocycles. The van der Waals surface area contributed by atoms with Crippen LogP contribution in [-0.4, -0.2) is 41.0 Å². The van der Waals surface area contributed by atoms with Crippen molar-refractivity contribution in [1.82, 2.24) is 4.90 Å². The van der Waals surface area contributed by atoms with E-state index in [-0.39, 0.29) is 25.4 Å². The minimum absolute atomic E-state index is 0.0630. The van der Waals surface area contributed by atoms with E-state index in [0.717, 1.165) is 4.90 Å². The van der Waals surface area contributed by atoms with Crippen molar-refractivity contribution in [3.05, 3.63) is 54.1 Å². The second-order valence-corrected chi connectivity index (χ2v) is 5.75. The quantitative estimate of drug-likeness (QED) is 0.757. The lowest BCUT2D eigenvalue weighted by molar-refractivity contribution is -0.120. The van der Waals surface area contributed by atoms with Crippen molar-refractivity contribution >= 4 is 23.5 Å². The zero-order valence-corrected chi connectivity index (χ0v) is 13.8. The third-order valence-electron chi connectivity index (χ3n) is 3.85. The van der Waals surface area contributed by atoms with E-state index in [2.05, 4.69) is 0 Å². The van der Waals surface area contributed by atoms with E-state index in [1.165, 1.54) is 17.0 Å². The van der Waals surface area contributed by atoms with Gasteiger partial charge in [-0.1, -0.05) is 24.3 Å². The molecule has 0 bridgehead atoms. The highest BCUT2D eigenvalue weighted by atomic mass is 16.5. The van der Waals surface area contributed by atoms with Gasteiger partial charge in [-0.15, -0.1) is 0 Å². The average molecular weight is 355 g/mol. The van der Waals surface area contributed by atoms with Gasteiger partial charge in [0, 0.05) is 11.6 Å². The fourth-order valence-electron chi connectivity index (χ4n) is 2.64. The van der Waals surface area contributed by atoms with Crippen LogP contribution in [-0.2, 0) is 16.1 Å². The van der Waals surface area contributed by atoms with E-state index in [1.807, 2.05) is 0 Å². The van der Waals surface area contributed by atoms with Crippen LogP contribution in [0.15, 0.2) is 48.5 Å². The third-order valence-corrected chi connectivity index (χ3v) is 3.85. The molecule has 2 aromatic rings. The van der Waals surface area contributed by atoms with Crippen molar-refractivity contribution in [2.45, 2.75) is 6.54 Å². The molecule has 0 saturated carbocycles. The highest BCUT2D eigenvalue weighted by Crippen LogP contribution is 2.27. The minimum atomic E-state index is -0.627. The highest BCUT2D eigenvalue weighted by molar-refractivity contribution is 6.19. The first-order valence-corrected chi connectivity index (χ1v) is 7.85. The molecule has 0 aromatic heterocycles. The summed E-state index contributed by atoms with van der Waals surface area (Å²) in [6, 6.07) is 12.4. The molecule has 1 heterocycles. The zero-order valence-electron chi connectivity index (χ0n) is 13.8. The van der Waals surface area contributed by atoms with Crippen LogP contribution in [0.1, 0.15) is 5.56 Å². The summed E-state index contributed by atoms with van der Waals surface area (Å²) < 4.78 is 5.21. The van der Waals surface area contributed by atoms with Crippen LogP contribution in [0.4, 0.5) is 10.5 Å². The number of hydrogen-bond acceptors (Lipinski definition) is 5. The molecular weight excluding hydrogens is 338 g/mol. The van der Waals surface area contributed by atoms with Crippen molar-refractivity contribution < 1.29 is 24.2 Å². The van der Waals surface area contributed by atoms with Gasteiger partial charge in [0.25, 0.3) is 11.8 Å². The molecule has 1 saturated heterocycles. The molecule has 8 heteroatoms. The van der Waals surface area contributed by atoms with E-state index < -0.39 is 17.8 Å². The van der Waals surface area contributed by atoms with Gasteiger partial charge in [0.15, 0.2) is 6.61 Å². The van der Waals surface area contributed by atoms with Crippen molar-refractivity contribution in [3.8, 4) is 11.5 Å². The normalized spacial score (nSPS) is 14.0. The van der Waals surface area contributed by atoms with Crippen LogP contribution >= 0.6 is 0 Å². The maximum absolute atomic E-state index is 12.6. The molecule has 26 heavy (non-hydrogen) atoms. The van der Waals surface area contributed by atoms with Gasteiger partial charge in [-0.3, -0.25) is 9.59 Å². The number of amides is 4. The Bertz CT molecular complexity index is 867. The smallest absolute Gasteiger partial charge is 0.332 e. The van der Waals surface area contributed by atoms with Crippen LogP contribution in [0.2, 0.25) is 0 Å². The Balaban J connectivity index is 1.78. The molecule has 2 aromatic carbocycles. The number of primary amides is 1. The number of carbonyl (C=O) groups is 3. The predicted octanol–water partition coefficient (Wildman–Crippen LogP) is 1.23. The van der Waals surface area contributed by atoms with Gasteiger partial charge in [0.1, 0.15) is 18.0 Å².